The van der Waals surface area contributed by atoms with Crippen LogP contribution in [-0.2, 0) is 14.6 Å². The van der Waals surface area contributed by atoms with Crippen LogP contribution < -0.4 is 5.32 Å². The van der Waals surface area contributed by atoms with Gasteiger partial charge in [0.05, 0.1) is 11.4 Å². The number of nitrogens with zero attached hydrogens (tertiary/aromatic N) is 1. The van der Waals surface area contributed by atoms with E-state index in [1.54, 1.807) is 24.3 Å². The van der Waals surface area contributed by atoms with E-state index < -0.39 is 21.5 Å². The van der Waals surface area contributed by atoms with Gasteiger partial charge in [0.25, 0.3) is 0 Å². The van der Waals surface area contributed by atoms with Crippen LogP contribution in [0.25, 0.3) is 10.8 Å². The number of amides is 1. The number of carbonyl (C=O) groups excluding carboxylic acids is 1. The van der Waals surface area contributed by atoms with Gasteiger partial charge in [-0.3, -0.25) is 9.69 Å². The molecule has 2 aromatic rings. The van der Waals surface area contributed by atoms with Gasteiger partial charge in [-0.15, -0.1) is 0 Å². The van der Waals surface area contributed by atoms with Crippen molar-refractivity contribution >= 4 is 26.5 Å². The van der Waals surface area contributed by atoms with Crippen LogP contribution in [0.5, 0.6) is 0 Å². The first-order chi connectivity index (χ1) is 16.1. The van der Waals surface area contributed by atoms with Gasteiger partial charge < -0.3 is 5.32 Å². The number of hydrogen-bond donors (Lipinski definition) is 1. The number of benzene rings is 2. The van der Waals surface area contributed by atoms with Crippen molar-refractivity contribution in [1.82, 2.24) is 10.2 Å². The Balaban J connectivity index is 1.93. The quantitative estimate of drug-likeness (QED) is 0.385. The molecule has 6 heteroatoms. The lowest BCUT2D eigenvalue weighted by Crippen LogP contribution is -2.38. The molecule has 2 aromatic carbocycles. The monoisotopic (exact) mass is 480 g/mol. The molecule has 0 radical (unpaired) electrons. The third-order valence-corrected chi connectivity index (χ3v) is 6.79. The number of carbonyl (C=O) groups is 1. The summed E-state index contributed by atoms with van der Waals surface area (Å²) < 4.78 is 25.8. The summed E-state index contributed by atoms with van der Waals surface area (Å²) in [4.78, 5) is 14.8. The molecule has 2 rings (SSSR count). The van der Waals surface area contributed by atoms with E-state index in [9.17, 15) is 13.2 Å². The molecule has 0 aliphatic rings. The first-order valence-electron chi connectivity index (χ1n) is 11.8. The van der Waals surface area contributed by atoms with Crippen molar-refractivity contribution in [3.05, 3.63) is 42.5 Å². The van der Waals surface area contributed by atoms with E-state index in [1.807, 2.05) is 39.0 Å². The molecule has 0 heterocycles. The zero-order chi connectivity index (χ0) is 25.0. The third-order valence-electron chi connectivity index (χ3n) is 5.12. The maximum absolute atomic E-state index is 12.9. The number of sulfone groups is 1. The van der Waals surface area contributed by atoms with Crippen molar-refractivity contribution in [2.75, 3.05) is 31.9 Å². The van der Waals surface area contributed by atoms with Gasteiger partial charge in [-0.05, 0) is 57.0 Å². The first kappa shape index (κ1) is 27.4. The zero-order valence-electron chi connectivity index (χ0n) is 20.8. The second-order valence-electron chi connectivity index (χ2n) is 9.37. The molecule has 182 valence electrons. The van der Waals surface area contributed by atoms with Gasteiger partial charge in [0.2, 0.25) is 5.91 Å². The highest BCUT2D eigenvalue weighted by atomic mass is 32.2. The second kappa shape index (κ2) is 13.2. The van der Waals surface area contributed by atoms with Crippen molar-refractivity contribution in [2.24, 2.45) is 5.41 Å². The van der Waals surface area contributed by atoms with Gasteiger partial charge in [-0.1, -0.05) is 68.0 Å². The molecule has 0 aliphatic heterocycles. The van der Waals surface area contributed by atoms with Crippen LogP contribution in [0.4, 0.5) is 0 Å². The molecule has 0 unspecified atom stereocenters. The fraction of sp³-hybridized carbons (Fsp3) is 0.464. The van der Waals surface area contributed by atoms with Gasteiger partial charge in [0, 0.05) is 23.9 Å². The summed E-state index contributed by atoms with van der Waals surface area (Å²) >= 11 is 0. The van der Waals surface area contributed by atoms with E-state index in [2.05, 4.69) is 40.8 Å². The van der Waals surface area contributed by atoms with E-state index in [1.165, 1.54) is 0 Å². The van der Waals surface area contributed by atoms with E-state index in [4.69, 9.17) is 0 Å². The molecule has 0 bridgehead atoms. The zero-order valence-corrected chi connectivity index (χ0v) is 21.6. The molecule has 0 aromatic heterocycles. The van der Waals surface area contributed by atoms with Crippen molar-refractivity contribution in [1.29, 1.82) is 0 Å². The van der Waals surface area contributed by atoms with Gasteiger partial charge in [0.15, 0.2) is 9.84 Å². The summed E-state index contributed by atoms with van der Waals surface area (Å²) in [7, 11) is -3.75. The van der Waals surface area contributed by atoms with Gasteiger partial charge in [0.1, 0.15) is 5.75 Å². The lowest BCUT2D eigenvalue weighted by atomic mass is 9.98. The Morgan fingerprint density at radius 1 is 1.00 bits per heavy atom. The number of fused-ring (bicyclic) bond motifs is 1. The highest BCUT2D eigenvalue weighted by molar-refractivity contribution is 7.92. The molecule has 1 N–H and O–H groups in total. The van der Waals surface area contributed by atoms with Crippen molar-refractivity contribution in [3.8, 4) is 23.7 Å². The largest absolute Gasteiger partial charge is 0.354 e. The minimum Gasteiger partial charge on any atom is -0.354 e. The van der Waals surface area contributed by atoms with Crippen LogP contribution in [-0.4, -0.2) is 51.2 Å². The second-order valence-corrected chi connectivity index (χ2v) is 11.3. The number of nitrogens with one attached hydrogen (secondary N) is 1. The summed E-state index contributed by atoms with van der Waals surface area (Å²) in [6.45, 7) is 10.7. The average Bonchev–Trinajstić information content (AvgIpc) is 2.77. The Bertz CT molecular complexity index is 1180. The molecule has 1 amide bonds. The topological polar surface area (TPSA) is 66.5 Å². The molecule has 0 aliphatic carbocycles. The SMILES string of the molecule is CCCCCN(CC#CC#CC(C)(C)C)CCNC(=O)CS(=O)(=O)c1cccc2ccccc12. The highest BCUT2D eigenvalue weighted by Crippen LogP contribution is 2.23. The molecular weight excluding hydrogens is 444 g/mol. The Morgan fingerprint density at radius 3 is 2.47 bits per heavy atom. The summed E-state index contributed by atoms with van der Waals surface area (Å²) in [6.07, 6.45) is 3.30. The summed E-state index contributed by atoms with van der Waals surface area (Å²) in [5.74, 6) is 10.9. The number of rotatable bonds is 11. The minimum atomic E-state index is -3.75. The van der Waals surface area contributed by atoms with Gasteiger partial charge >= 0.3 is 0 Å². The predicted molar refractivity (Wildman–Crippen MR) is 140 cm³/mol. The fourth-order valence-electron chi connectivity index (χ4n) is 3.39. The van der Waals surface area contributed by atoms with Crippen molar-refractivity contribution in [2.45, 2.75) is 51.9 Å². The van der Waals surface area contributed by atoms with Crippen molar-refractivity contribution < 1.29 is 13.2 Å². The van der Waals surface area contributed by atoms with Crippen molar-refractivity contribution in [3.63, 3.8) is 0 Å². The van der Waals surface area contributed by atoms with Crippen LogP contribution in [0, 0.1) is 29.1 Å². The van der Waals surface area contributed by atoms with Gasteiger partial charge in [-0.2, -0.15) is 0 Å². The number of hydrogen-bond acceptors (Lipinski definition) is 4. The average molecular weight is 481 g/mol. The first-order valence-corrected chi connectivity index (χ1v) is 13.5. The van der Waals surface area contributed by atoms with Crippen LogP contribution in [0.15, 0.2) is 47.4 Å². The lowest BCUT2D eigenvalue weighted by Gasteiger charge is -2.19. The van der Waals surface area contributed by atoms with E-state index >= 15 is 0 Å². The van der Waals surface area contributed by atoms with Gasteiger partial charge in [-0.25, -0.2) is 8.42 Å². The summed E-state index contributed by atoms with van der Waals surface area (Å²) in [5, 5.41) is 4.23. The Labute approximate surface area is 205 Å². The predicted octanol–water partition coefficient (Wildman–Crippen LogP) is 4.27. The Kier molecular flexibility index (Phi) is 10.6. The van der Waals surface area contributed by atoms with Crippen LogP contribution in [0.1, 0.15) is 47.0 Å². The smallest absolute Gasteiger partial charge is 0.235 e. The minimum absolute atomic E-state index is 0.0772. The third kappa shape index (κ3) is 9.59. The molecule has 34 heavy (non-hydrogen) atoms. The van der Waals surface area contributed by atoms with E-state index in [0.717, 1.165) is 31.2 Å². The molecule has 0 fully saturated rings. The lowest BCUT2D eigenvalue weighted by molar-refractivity contribution is -0.118. The van der Waals surface area contributed by atoms with Crippen LogP contribution >= 0.6 is 0 Å². The Morgan fingerprint density at radius 2 is 1.74 bits per heavy atom. The summed E-state index contributed by atoms with van der Waals surface area (Å²) in [5.41, 5.74) is -0.0772. The molecule has 0 spiro atoms. The summed E-state index contributed by atoms with van der Waals surface area (Å²) in [6, 6.07) is 12.4. The van der Waals surface area contributed by atoms with E-state index in [-0.39, 0.29) is 10.3 Å². The maximum atomic E-state index is 12.9. The van der Waals surface area contributed by atoms with E-state index in [0.29, 0.717) is 25.0 Å². The highest BCUT2D eigenvalue weighted by Gasteiger charge is 2.21. The Hall–Kier alpha value is -2.80. The molecule has 0 saturated carbocycles. The standard InChI is InChI=1S/C28H36N2O3S/c1-5-6-11-20-30(21-12-7-10-18-28(2,3)4)22-19-29-27(31)23-34(32,33)26-17-13-15-24-14-8-9-16-25(24)26/h8-9,13-17H,5-6,11,19-23H2,1-4H3,(H,29,31). The maximum Gasteiger partial charge on any atom is 0.235 e. The van der Waals surface area contributed by atoms with Crippen LogP contribution in [0.3, 0.4) is 0 Å². The molecule has 0 saturated heterocycles. The molecular formula is C28H36N2O3S. The normalized spacial score (nSPS) is 11.4. The fourth-order valence-corrected chi connectivity index (χ4v) is 4.80. The van der Waals surface area contributed by atoms with Crippen LogP contribution in [0.2, 0.25) is 0 Å². The number of unbranched alkanes of at least 4 members (excludes halogenated alkanes) is 2. The molecule has 5 nitrogen and oxygen atoms in total. The molecule has 0 atom stereocenters.